The average Bonchev–Trinajstić information content (AvgIpc) is 3.01. The van der Waals surface area contributed by atoms with Crippen LogP contribution in [0, 0.1) is 5.41 Å². The van der Waals surface area contributed by atoms with Crippen molar-refractivity contribution in [3.63, 3.8) is 0 Å². The molecular formula is C30H31F3N6O7. The molecule has 0 radical (unpaired) electrons. The molecule has 244 valence electrons. The van der Waals surface area contributed by atoms with Gasteiger partial charge in [-0.05, 0) is 61.0 Å². The molecule has 0 saturated heterocycles. The number of nitrogen functional groups attached to an aromatic ring is 1. The van der Waals surface area contributed by atoms with Gasteiger partial charge in [-0.1, -0.05) is 18.2 Å². The Morgan fingerprint density at radius 3 is 2.24 bits per heavy atom. The van der Waals surface area contributed by atoms with Crippen molar-refractivity contribution in [1.82, 2.24) is 10.3 Å². The van der Waals surface area contributed by atoms with Gasteiger partial charge >= 0.3 is 18.1 Å². The summed E-state index contributed by atoms with van der Waals surface area (Å²) in [6, 6.07) is 14.8. The van der Waals surface area contributed by atoms with Gasteiger partial charge in [0, 0.05) is 25.3 Å². The molecule has 1 unspecified atom stereocenters. The number of likely N-dealkylation sites (N-methyl/N-ethyl adjacent to an activating group) is 1. The number of rotatable bonds is 13. The zero-order valence-corrected chi connectivity index (χ0v) is 24.9. The van der Waals surface area contributed by atoms with Gasteiger partial charge in [0.15, 0.2) is 18.1 Å². The molecular weight excluding hydrogens is 613 g/mol. The molecule has 0 heterocycles. The maximum Gasteiger partial charge on any atom is 0.491 e. The van der Waals surface area contributed by atoms with Crippen LogP contribution in [0.25, 0.3) is 0 Å². The van der Waals surface area contributed by atoms with Gasteiger partial charge in [-0.2, -0.15) is 13.2 Å². The van der Waals surface area contributed by atoms with Gasteiger partial charge in [0.1, 0.15) is 11.9 Å². The van der Waals surface area contributed by atoms with Gasteiger partial charge in [-0.25, -0.2) is 9.59 Å². The number of para-hydroxylation sites is 1. The SMILES string of the molecule is CCOc1cc(C(Nc2ccc(C(=N)N)cc2)C(=O)NNc2ccccc2C(=O)OC(=O)C(F)(F)F)ccc1OCC(=O)N(C)C. The first kappa shape index (κ1) is 34.7. The van der Waals surface area contributed by atoms with Crippen molar-refractivity contribution < 1.29 is 46.6 Å². The van der Waals surface area contributed by atoms with Crippen LogP contribution >= 0.6 is 0 Å². The molecule has 13 nitrogen and oxygen atoms in total. The molecule has 0 spiro atoms. The molecule has 6 N–H and O–H groups in total. The number of hydrogen-bond donors (Lipinski definition) is 5. The zero-order valence-electron chi connectivity index (χ0n) is 24.9. The lowest BCUT2D eigenvalue weighted by Crippen LogP contribution is -2.37. The summed E-state index contributed by atoms with van der Waals surface area (Å²) in [6.07, 6.45) is -5.39. The number of nitrogens with two attached hydrogens (primary N) is 1. The maximum atomic E-state index is 13.6. The number of benzene rings is 3. The van der Waals surface area contributed by atoms with Crippen LogP contribution in [0.5, 0.6) is 11.5 Å². The predicted octanol–water partition coefficient (Wildman–Crippen LogP) is 3.38. The van der Waals surface area contributed by atoms with Crippen molar-refractivity contribution in [3.05, 3.63) is 83.4 Å². The van der Waals surface area contributed by atoms with E-state index in [1.165, 1.54) is 35.2 Å². The van der Waals surface area contributed by atoms with Gasteiger partial charge in [0.25, 0.3) is 11.8 Å². The van der Waals surface area contributed by atoms with E-state index in [1.807, 2.05) is 0 Å². The topological polar surface area (TPSA) is 185 Å². The Morgan fingerprint density at radius 1 is 0.957 bits per heavy atom. The summed E-state index contributed by atoms with van der Waals surface area (Å²) in [4.78, 5) is 50.5. The number of nitrogens with zero attached hydrogens (tertiary/aromatic N) is 1. The highest BCUT2D eigenvalue weighted by atomic mass is 19.4. The molecule has 3 aromatic rings. The molecule has 0 saturated carbocycles. The second-order valence-corrected chi connectivity index (χ2v) is 9.62. The largest absolute Gasteiger partial charge is 0.491 e. The van der Waals surface area contributed by atoms with Crippen molar-refractivity contribution in [2.75, 3.05) is 38.1 Å². The number of amides is 2. The van der Waals surface area contributed by atoms with Gasteiger partial charge in [-0.15, -0.1) is 0 Å². The summed E-state index contributed by atoms with van der Waals surface area (Å²) in [7, 11) is 3.15. The maximum absolute atomic E-state index is 13.6. The molecule has 3 aromatic carbocycles. The lowest BCUT2D eigenvalue weighted by Gasteiger charge is -2.22. The molecule has 1 atom stereocenters. The number of alkyl halides is 3. The van der Waals surface area contributed by atoms with Crippen molar-refractivity contribution in [2.45, 2.75) is 19.1 Å². The van der Waals surface area contributed by atoms with Crippen LogP contribution < -0.4 is 31.4 Å². The standard InChI is InChI=1S/C30H31F3N6O7/c1-4-44-23-15-18(11-14-22(23)45-16-24(40)39(2)3)25(36-19-12-9-17(10-13-19)26(34)35)27(41)38-37-21-8-6-5-7-20(21)28(42)46-29(43)30(31,32)33/h5-15,25,36-37H,4,16H2,1-3H3,(H3,34,35)(H,38,41). The van der Waals surface area contributed by atoms with E-state index in [0.29, 0.717) is 16.8 Å². The van der Waals surface area contributed by atoms with Crippen LogP contribution in [0.1, 0.15) is 34.5 Å². The van der Waals surface area contributed by atoms with Crippen molar-refractivity contribution in [1.29, 1.82) is 5.41 Å². The fraction of sp³-hybridized carbons (Fsp3) is 0.233. The third-order valence-electron chi connectivity index (χ3n) is 6.10. The number of ether oxygens (including phenoxy) is 3. The van der Waals surface area contributed by atoms with Gasteiger partial charge in [0.2, 0.25) is 0 Å². The van der Waals surface area contributed by atoms with E-state index in [-0.39, 0.29) is 42.1 Å². The van der Waals surface area contributed by atoms with E-state index in [0.717, 1.165) is 6.07 Å². The first-order chi connectivity index (χ1) is 21.7. The van der Waals surface area contributed by atoms with Crippen molar-refractivity contribution >= 4 is 41.0 Å². The second-order valence-electron chi connectivity index (χ2n) is 9.62. The minimum absolute atomic E-state index is 0.162. The Labute approximate surface area is 261 Å². The van der Waals surface area contributed by atoms with E-state index in [4.69, 9.17) is 20.6 Å². The quantitative estimate of drug-likeness (QED) is 0.0608. The number of hydrogen-bond acceptors (Lipinski definition) is 10. The molecule has 3 rings (SSSR count). The normalized spacial score (nSPS) is 11.4. The highest BCUT2D eigenvalue weighted by molar-refractivity contribution is 6.02. The molecule has 46 heavy (non-hydrogen) atoms. The van der Waals surface area contributed by atoms with Gasteiger partial charge in [-0.3, -0.25) is 25.8 Å². The fourth-order valence-corrected chi connectivity index (χ4v) is 3.74. The Hall–Kier alpha value is -5.80. The van der Waals surface area contributed by atoms with Gasteiger partial charge in [0.05, 0.1) is 17.9 Å². The van der Waals surface area contributed by atoms with Crippen molar-refractivity contribution in [2.24, 2.45) is 5.73 Å². The number of carbonyl (C=O) groups excluding carboxylic acids is 4. The van der Waals surface area contributed by atoms with Crippen LogP contribution in [0.3, 0.4) is 0 Å². The van der Waals surface area contributed by atoms with E-state index in [1.54, 1.807) is 51.4 Å². The Morgan fingerprint density at radius 2 is 1.63 bits per heavy atom. The highest BCUT2D eigenvalue weighted by Crippen LogP contribution is 2.32. The van der Waals surface area contributed by atoms with Crippen LogP contribution in [0.15, 0.2) is 66.7 Å². The molecule has 0 bridgehead atoms. The monoisotopic (exact) mass is 644 g/mol. The fourth-order valence-electron chi connectivity index (χ4n) is 3.74. The number of carbonyl (C=O) groups is 4. The van der Waals surface area contributed by atoms with E-state index >= 15 is 0 Å². The number of anilines is 2. The summed E-state index contributed by atoms with van der Waals surface area (Å²) in [5, 5.41) is 10.6. The Balaban J connectivity index is 1.91. The molecule has 0 aromatic heterocycles. The predicted molar refractivity (Wildman–Crippen MR) is 160 cm³/mol. The molecule has 16 heteroatoms. The number of halogens is 3. The average molecular weight is 645 g/mol. The number of hydrazine groups is 1. The smallest absolute Gasteiger partial charge is 0.490 e. The molecule has 0 fully saturated rings. The van der Waals surface area contributed by atoms with Crippen LogP contribution in [0.4, 0.5) is 24.5 Å². The summed E-state index contributed by atoms with van der Waals surface area (Å²) in [5.74, 6) is -5.01. The molecule has 0 aliphatic heterocycles. The Kier molecular flexibility index (Phi) is 11.5. The van der Waals surface area contributed by atoms with Crippen LogP contribution in [0.2, 0.25) is 0 Å². The zero-order chi connectivity index (χ0) is 34.0. The van der Waals surface area contributed by atoms with E-state index in [2.05, 4.69) is 20.9 Å². The van der Waals surface area contributed by atoms with Crippen molar-refractivity contribution in [3.8, 4) is 11.5 Å². The lowest BCUT2D eigenvalue weighted by atomic mass is 10.0. The third kappa shape index (κ3) is 9.35. The lowest BCUT2D eigenvalue weighted by molar-refractivity contribution is -0.193. The molecule has 2 amide bonds. The number of esters is 2. The number of amidine groups is 1. The summed E-state index contributed by atoms with van der Waals surface area (Å²) < 4.78 is 53.1. The second kappa shape index (κ2) is 15.3. The first-order valence-electron chi connectivity index (χ1n) is 13.5. The first-order valence-corrected chi connectivity index (χ1v) is 13.5. The van der Waals surface area contributed by atoms with E-state index < -0.39 is 35.6 Å². The third-order valence-corrected chi connectivity index (χ3v) is 6.10. The van der Waals surface area contributed by atoms with E-state index in [9.17, 15) is 32.3 Å². The van der Waals surface area contributed by atoms with Crippen LogP contribution in [-0.4, -0.2) is 68.0 Å². The van der Waals surface area contributed by atoms with Gasteiger partial charge < -0.3 is 30.2 Å². The molecule has 0 aliphatic rings. The Bertz CT molecular complexity index is 1600. The summed E-state index contributed by atoms with van der Waals surface area (Å²) >= 11 is 0. The minimum atomic E-state index is -5.39. The minimum Gasteiger partial charge on any atom is -0.490 e. The van der Waals surface area contributed by atoms with Crippen LogP contribution in [-0.2, 0) is 19.1 Å². The molecule has 0 aliphatic carbocycles. The highest BCUT2D eigenvalue weighted by Gasteiger charge is 2.42. The number of nitrogens with one attached hydrogen (secondary N) is 4. The summed E-state index contributed by atoms with van der Waals surface area (Å²) in [5.41, 5.74) is 11.0. The summed E-state index contributed by atoms with van der Waals surface area (Å²) in [6.45, 7) is 1.69.